The highest BCUT2D eigenvalue weighted by atomic mass is 32.2. The Kier molecular flexibility index (Phi) is 5.98. The maximum absolute atomic E-state index is 5.82. The molecule has 1 aliphatic rings. The van der Waals surface area contributed by atoms with E-state index in [1.165, 1.54) is 50.5 Å². The Labute approximate surface area is 169 Å². The van der Waals surface area contributed by atoms with Crippen molar-refractivity contribution in [3.8, 4) is 5.75 Å². The number of rotatable bonds is 7. The van der Waals surface area contributed by atoms with Gasteiger partial charge in [0.05, 0.1) is 6.61 Å². The lowest BCUT2D eigenvalue weighted by Gasteiger charge is -2.18. The highest BCUT2D eigenvalue weighted by Gasteiger charge is 2.22. The predicted octanol–water partition coefficient (Wildman–Crippen LogP) is 6.08. The SMILES string of the molecule is Cc1ccc(OCCCCSc2ncnc3sc4c(c23)CCC(C)C4)cc1. The van der Waals surface area contributed by atoms with Crippen LogP contribution >= 0.6 is 23.1 Å². The maximum Gasteiger partial charge on any atom is 0.128 e. The van der Waals surface area contributed by atoms with Crippen molar-refractivity contribution in [2.45, 2.75) is 51.0 Å². The fraction of sp³-hybridized carbons (Fsp3) is 0.455. The summed E-state index contributed by atoms with van der Waals surface area (Å²) in [5, 5.41) is 2.51. The van der Waals surface area contributed by atoms with Crippen molar-refractivity contribution in [3.05, 3.63) is 46.6 Å². The third kappa shape index (κ3) is 4.46. The van der Waals surface area contributed by atoms with Crippen molar-refractivity contribution >= 4 is 33.3 Å². The Morgan fingerprint density at radius 3 is 2.89 bits per heavy atom. The Morgan fingerprint density at radius 1 is 1.19 bits per heavy atom. The van der Waals surface area contributed by atoms with Crippen LogP contribution in [0.4, 0.5) is 0 Å². The van der Waals surface area contributed by atoms with Crippen LogP contribution in [0.5, 0.6) is 5.75 Å². The van der Waals surface area contributed by atoms with Gasteiger partial charge in [0.2, 0.25) is 0 Å². The van der Waals surface area contributed by atoms with Gasteiger partial charge >= 0.3 is 0 Å². The minimum Gasteiger partial charge on any atom is -0.494 e. The monoisotopic (exact) mass is 398 g/mol. The van der Waals surface area contributed by atoms with E-state index in [9.17, 15) is 0 Å². The maximum atomic E-state index is 5.82. The van der Waals surface area contributed by atoms with Gasteiger partial charge in [0, 0.05) is 10.3 Å². The van der Waals surface area contributed by atoms with Crippen LogP contribution in [0.25, 0.3) is 10.2 Å². The second-order valence-corrected chi connectivity index (χ2v) is 9.60. The average Bonchev–Trinajstić information content (AvgIpc) is 3.04. The van der Waals surface area contributed by atoms with Crippen molar-refractivity contribution in [3.63, 3.8) is 0 Å². The van der Waals surface area contributed by atoms with Gasteiger partial charge in [-0.15, -0.1) is 23.1 Å². The van der Waals surface area contributed by atoms with E-state index in [1.54, 1.807) is 6.33 Å². The minimum absolute atomic E-state index is 0.772. The third-order valence-corrected chi connectivity index (χ3v) is 7.36. The smallest absolute Gasteiger partial charge is 0.128 e. The van der Waals surface area contributed by atoms with Gasteiger partial charge in [-0.3, -0.25) is 0 Å². The van der Waals surface area contributed by atoms with Gasteiger partial charge in [0.25, 0.3) is 0 Å². The summed E-state index contributed by atoms with van der Waals surface area (Å²) < 4.78 is 5.82. The molecule has 3 aromatic rings. The number of thiophene rings is 1. The van der Waals surface area contributed by atoms with Crippen LogP contribution in [0.2, 0.25) is 0 Å². The number of aryl methyl sites for hydroxylation is 2. The zero-order valence-electron chi connectivity index (χ0n) is 16.0. The summed E-state index contributed by atoms with van der Waals surface area (Å²) >= 11 is 3.76. The molecule has 0 spiro atoms. The Hall–Kier alpha value is -1.59. The Morgan fingerprint density at radius 2 is 2.04 bits per heavy atom. The number of benzene rings is 1. The molecule has 0 radical (unpaired) electrons. The van der Waals surface area contributed by atoms with Crippen LogP contribution in [-0.4, -0.2) is 22.3 Å². The fourth-order valence-corrected chi connectivity index (χ4v) is 6.00. The lowest BCUT2D eigenvalue weighted by molar-refractivity contribution is 0.310. The number of nitrogens with zero attached hydrogens (tertiary/aromatic N) is 2. The molecule has 0 saturated carbocycles. The molecule has 142 valence electrons. The van der Waals surface area contributed by atoms with Crippen LogP contribution in [0, 0.1) is 12.8 Å². The molecule has 1 aromatic carbocycles. The number of thioether (sulfide) groups is 1. The van der Waals surface area contributed by atoms with Crippen LogP contribution in [0.1, 0.15) is 42.2 Å². The molecule has 2 heterocycles. The zero-order valence-corrected chi connectivity index (χ0v) is 17.7. The fourth-order valence-electron chi connectivity index (χ4n) is 3.55. The van der Waals surface area contributed by atoms with Gasteiger partial charge < -0.3 is 4.74 Å². The van der Waals surface area contributed by atoms with Gasteiger partial charge in [-0.2, -0.15) is 0 Å². The van der Waals surface area contributed by atoms with Crippen LogP contribution in [-0.2, 0) is 12.8 Å². The van der Waals surface area contributed by atoms with E-state index in [1.807, 2.05) is 35.2 Å². The van der Waals surface area contributed by atoms with Gasteiger partial charge in [0.1, 0.15) is 21.9 Å². The molecular formula is C22H26N2OS2. The molecule has 5 heteroatoms. The van der Waals surface area contributed by atoms with Crippen LogP contribution in [0.15, 0.2) is 35.6 Å². The first-order valence-corrected chi connectivity index (χ1v) is 11.6. The Bertz CT molecular complexity index is 905. The number of ether oxygens (including phenoxy) is 1. The first kappa shape index (κ1) is 18.8. The van der Waals surface area contributed by atoms with E-state index in [2.05, 4.69) is 35.9 Å². The van der Waals surface area contributed by atoms with Crippen molar-refractivity contribution in [1.82, 2.24) is 9.97 Å². The molecule has 0 N–H and O–H groups in total. The molecular weight excluding hydrogens is 372 g/mol. The summed E-state index contributed by atoms with van der Waals surface area (Å²) in [7, 11) is 0. The van der Waals surface area contributed by atoms with Gasteiger partial charge in [-0.25, -0.2) is 9.97 Å². The predicted molar refractivity (Wildman–Crippen MR) is 115 cm³/mol. The largest absolute Gasteiger partial charge is 0.494 e. The summed E-state index contributed by atoms with van der Waals surface area (Å²) in [6.45, 7) is 5.22. The second-order valence-electron chi connectivity index (χ2n) is 7.43. The first-order chi connectivity index (χ1) is 13.2. The van der Waals surface area contributed by atoms with E-state index in [0.29, 0.717) is 0 Å². The van der Waals surface area contributed by atoms with E-state index >= 15 is 0 Å². The third-order valence-electron chi connectivity index (χ3n) is 5.12. The molecule has 0 fully saturated rings. The van der Waals surface area contributed by atoms with Crippen molar-refractivity contribution in [2.75, 3.05) is 12.4 Å². The van der Waals surface area contributed by atoms with E-state index in [4.69, 9.17) is 4.74 Å². The number of fused-ring (bicyclic) bond motifs is 3. The number of hydrogen-bond acceptors (Lipinski definition) is 5. The molecule has 1 aliphatic carbocycles. The molecule has 4 rings (SSSR count). The highest BCUT2D eigenvalue weighted by molar-refractivity contribution is 7.99. The summed E-state index contributed by atoms with van der Waals surface area (Å²) in [5.74, 6) is 2.83. The van der Waals surface area contributed by atoms with Gasteiger partial charge in [-0.1, -0.05) is 24.6 Å². The van der Waals surface area contributed by atoms with E-state index < -0.39 is 0 Å². The summed E-state index contributed by atoms with van der Waals surface area (Å²) in [6, 6.07) is 8.27. The minimum atomic E-state index is 0.772. The van der Waals surface area contributed by atoms with Gasteiger partial charge in [-0.05, 0) is 68.4 Å². The lowest BCUT2D eigenvalue weighted by atomic mass is 9.89. The molecule has 0 saturated heterocycles. The van der Waals surface area contributed by atoms with Crippen LogP contribution < -0.4 is 4.74 Å². The van der Waals surface area contributed by atoms with Crippen LogP contribution in [0.3, 0.4) is 0 Å². The van der Waals surface area contributed by atoms with E-state index in [-0.39, 0.29) is 0 Å². The number of aromatic nitrogens is 2. The highest BCUT2D eigenvalue weighted by Crippen LogP contribution is 2.40. The molecule has 2 aromatic heterocycles. The standard InChI is InChI=1S/C22H26N2OS2/c1-15-5-8-17(9-6-15)25-11-3-4-12-26-21-20-18-10-7-16(2)13-19(18)27-22(20)24-14-23-21/h5-6,8-9,14,16H,3-4,7,10-13H2,1-2H3. The zero-order chi connectivity index (χ0) is 18.6. The van der Waals surface area contributed by atoms with Crippen molar-refractivity contribution in [1.29, 1.82) is 0 Å². The summed E-state index contributed by atoms with van der Waals surface area (Å²) in [6.07, 6.45) is 7.60. The van der Waals surface area contributed by atoms with Crippen molar-refractivity contribution < 1.29 is 4.74 Å². The molecule has 1 unspecified atom stereocenters. The topological polar surface area (TPSA) is 35.0 Å². The summed E-state index contributed by atoms with van der Waals surface area (Å²) in [5.41, 5.74) is 2.79. The number of unbranched alkanes of at least 4 members (excludes halogenated alkanes) is 1. The average molecular weight is 399 g/mol. The van der Waals surface area contributed by atoms with Gasteiger partial charge in [0.15, 0.2) is 0 Å². The van der Waals surface area contributed by atoms with E-state index in [0.717, 1.165) is 36.9 Å². The molecule has 1 atom stereocenters. The number of hydrogen-bond donors (Lipinski definition) is 0. The lowest BCUT2D eigenvalue weighted by Crippen LogP contribution is -2.08. The summed E-state index contributed by atoms with van der Waals surface area (Å²) in [4.78, 5) is 11.9. The second kappa shape index (κ2) is 8.61. The van der Waals surface area contributed by atoms with Crippen molar-refractivity contribution in [2.24, 2.45) is 5.92 Å². The Balaban J connectivity index is 1.31. The molecule has 0 aliphatic heterocycles. The molecule has 27 heavy (non-hydrogen) atoms. The first-order valence-electron chi connectivity index (χ1n) is 9.78. The quantitative estimate of drug-likeness (QED) is 0.275. The molecule has 3 nitrogen and oxygen atoms in total. The molecule has 0 bridgehead atoms. The normalized spacial score (nSPS) is 16.4. The molecule has 0 amide bonds.